The number of carbonyl (C=O) groups is 1. The molecule has 1 aromatic rings. The Morgan fingerprint density at radius 2 is 1.93 bits per heavy atom. The van der Waals surface area contributed by atoms with Crippen LogP contribution in [-0.2, 0) is 9.53 Å². The van der Waals surface area contributed by atoms with Crippen molar-refractivity contribution in [1.82, 2.24) is 20.0 Å². The molecule has 0 saturated carbocycles. The van der Waals surface area contributed by atoms with Gasteiger partial charge < -0.3 is 24.6 Å². The van der Waals surface area contributed by atoms with Gasteiger partial charge in [0.25, 0.3) is 0 Å². The zero-order chi connectivity index (χ0) is 21.8. The van der Waals surface area contributed by atoms with Crippen LogP contribution in [0, 0.1) is 5.82 Å². The van der Waals surface area contributed by atoms with E-state index < -0.39 is 0 Å². The Bertz CT molecular complexity index is 663. The molecule has 1 saturated heterocycles. The molecule has 1 N–H and O–H groups in total. The molecule has 0 bridgehead atoms. The van der Waals surface area contributed by atoms with E-state index >= 15 is 0 Å². The summed E-state index contributed by atoms with van der Waals surface area (Å²) in [5.41, 5.74) is 0. The van der Waals surface area contributed by atoms with E-state index in [1.54, 1.807) is 26.2 Å². The predicted octanol–water partition coefficient (Wildman–Crippen LogP) is 0.892. The molecule has 0 spiro atoms. The van der Waals surface area contributed by atoms with Gasteiger partial charge in [-0.15, -0.1) is 0 Å². The molecule has 8 nitrogen and oxygen atoms in total. The molecule has 0 aliphatic carbocycles. The summed E-state index contributed by atoms with van der Waals surface area (Å²) in [5, 5.41) is 3.35. The number of hydrogen-bond donors (Lipinski definition) is 1. The average Bonchev–Trinajstić information content (AvgIpc) is 2.75. The third-order valence-electron chi connectivity index (χ3n) is 4.77. The van der Waals surface area contributed by atoms with E-state index in [1.807, 2.05) is 11.9 Å². The van der Waals surface area contributed by atoms with Crippen molar-refractivity contribution in [2.45, 2.75) is 6.42 Å². The predicted molar refractivity (Wildman–Crippen MR) is 115 cm³/mol. The molecule has 1 amide bonds. The van der Waals surface area contributed by atoms with Gasteiger partial charge >= 0.3 is 0 Å². The summed E-state index contributed by atoms with van der Waals surface area (Å²) in [5.74, 6) is 0.929. The number of aliphatic imine (C=N–C) groups is 1. The Kier molecular flexibility index (Phi) is 10.4. The molecule has 168 valence electrons. The molecule has 1 heterocycles. The number of nitrogens with zero attached hydrogens (tertiary/aromatic N) is 4. The van der Waals surface area contributed by atoms with E-state index in [-0.39, 0.29) is 18.3 Å². The molecule has 1 aliphatic heterocycles. The van der Waals surface area contributed by atoms with Gasteiger partial charge in [0, 0.05) is 40.8 Å². The third-order valence-corrected chi connectivity index (χ3v) is 4.77. The third kappa shape index (κ3) is 8.96. The Hall–Kier alpha value is -2.39. The van der Waals surface area contributed by atoms with E-state index in [0.29, 0.717) is 24.9 Å². The second-order valence-corrected chi connectivity index (χ2v) is 7.39. The zero-order valence-electron chi connectivity index (χ0n) is 18.3. The van der Waals surface area contributed by atoms with Crippen molar-refractivity contribution < 1.29 is 18.7 Å². The largest absolute Gasteiger partial charge is 0.492 e. The maximum Gasteiger partial charge on any atom is 0.243 e. The minimum Gasteiger partial charge on any atom is -0.492 e. The average molecular weight is 424 g/mol. The number of benzene rings is 1. The van der Waals surface area contributed by atoms with Crippen molar-refractivity contribution in [2.24, 2.45) is 4.99 Å². The molecular weight excluding hydrogens is 389 g/mol. The van der Waals surface area contributed by atoms with Gasteiger partial charge in [0.1, 0.15) is 24.7 Å². The number of guanidine groups is 1. The molecule has 1 fully saturated rings. The molecule has 2 rings (SSSR count). The summed E-state index contributed by atoms with van der Waals surface area (Å²) in [6.45, 7) is 6.36. The van der Waals surface area contributed by atoms with Crippen molar-refractivity contribution in [2.75, 3.05) is 80.2 Å². The number of morpholine rings is 1. The van der Waals surface area contributed by atoms with Crippen LogP contribution in [0.25, 0.3) is 0 Å². The summed E-state index contributed by atoms with van der Waals surface area (Å²) < 4.78 is 24.0. The summed E-state index contributed by atoms with van der Waals surface area (Å²) in [7, 11) is 5.34. The number of ether oxygens (including phenoxy) is 2. The summed E-state index contributed by atoms with van der Waals surface area (Å²) >= 11 is 0. The Balaban J connectivity index is 1.81. The van der Waals surface area contributed by atoms with E-state index in [1.165, 1.54) is 17.0 Å². The normalized spacial score (nSPS) is 15.0. The topological polar surface area (TPSA) is 69.6 Å². The first-order valence-corrected chi connectivity index (χ1v) is 10.3. The van der Waals surface area contributed by atoms with Gasteiger partial charge in [-0.3, -0.25) is 9.69 Å². The van der Waals surface area contributed by atoms with Gasteiger partial charge in [-0.1, -0.05) is 0 Å². The monoisotopic (exact) mass is 423 g/mol. The maximum atomic E-state index is 13.0. The lowest BCUT2D eigenvalue weighted by molar-refractivity contribution is -0.127. The number of nitrogens with one attached hydrogen (secondary N) is 1. The lowest BCUT2D eigenvalue weighted by atomic mass is 10.3. The SMILES string of the molecule is CN(C)C(=O)CN=C(NCCCN1CCOCC1)N(C)CCOc1ccc(F)cc1. The van der Waals surface area contributed by atoms with Gasteiger partial charge in [-0.25, -0.2) is 9.38 Å². The van der Waals surface area contributed by atoms with Gasteiger partial charge in [0.2, 0.25) is 5.91 Å². The molecule has 30 heavy (non-hydrogen) atoms. The van der Waals surface area contributed by atoms with E-state index in [4.69, 9.17) is 9.47 Å². The number of carbonyl (C=O) groups excluding carboxylic acids is 1. The highest BCUT2D eigenvalue weighted by molar-refractivity contribution is 5.84. The fourth-order valence-electron chi connectivity index (χ4n) is 2.86. The Labute approximate surface area is 178 Å². The van der Waals surface area contributed by atoms with Crippen LogP contribution >= 0.6 is 0 Å². The Morgan fingerprint density at radius 1 is 1.23 bits per heavy atom. The number of amides is 1. The van der Waals surface area contributed by atoms with Crippen molar-refractivity contribution >= 4 is 11.9 Å². The lowest BCUT2D eigenvalue weighted by Gasteiger charge is -2.27. The van der Waals surface area contributed by atoms with E-state index in [9.17, 15) is 9.18 Å². The number of halogens is 1. The standard InChI is InChI=1S/C21H34FN5O3/c1-25(2)20(28)17-24-21(23-9-4-10-27-12-14-29-15-13-27)26(3)11-16-30-19-7-5-18(22)6-8-19/h5-8H,4,9-17H2,1-3H3,(H,23,24). The van der Waals surface area contributed by atoms with Gasteiger partial charge in [0.05, 0.1) is 19.8 Å². The second kappa shape index (κ2) is 13.0. The summed E-state index contributed by atoms with van der Waals surface area (Å²) in [4.78, 5) is 22.2. The number of hydrogen-bond acceptors (Lipinski definition) is 5. The number of rotatable bonds is 10. The molecule has 1 aliphatic rings. The maximum absolute atomic E-state index is 13.0. The molecule has 0 unspecified atom stereocenters. The van der Waals surface area contributed by atoms with Crippen LogP contribution in [0.4, 0.5) is 4.39 Å². The fraction of sp³-hybridized carbons (Fsp3) is 0.619. The molecule has 0 aromatic heterocycles. The first kappa shape index (κ1) is 23.9. The summed E-state index contributed by atoms with van der Waals surface area (Å²) in [6, 6.07) is 5.94. The smallest absolute Gasteiger partial charge is 0.243 e. The second-order valence-electron chi connectivity index (χ2n) is 7.39. The van der Waals surface area contributed by atoms with E-state index in [2.05, 4.69) is 15.2 Å². The minimum absolute atomic E-state index is 0.0569. The van der Waals surface area contributed by atoms with Gasteiger partial charge in [-0.05, 0) is 37.2 Å². The number of likely N-dealkylation sites (N-methyl/N-ethyl adjacent to an activating group) is 2. The van der Waals surface area contributed by atoms with Gasteiger partial charge in [-0.2, -0.15) is 0 Å². The van der Waals surface area contributed by atoms with Crippen molar-refractivity contribution in [3.8, 4) is 5.75 Å². The molecule has 9 heteroatoms. The van der Waals surface area contributed by atoms with Crippen LogP contribution in [0.5, 0.6) is 5.75 Å². The fourth-order valence-corrected chi connectivity index (χ4v) is 2.86. The molecule has 0 radical (unpaired) electrons. The van der Waals surface area contributed by atoms with Crippen LogP contribution in [-0.4, -0.2) is 107 Å². The first-order valence-electron chi connectivity index (χ1n) is 10.3. The summed E-state index contributed by atoms with van der Waals surface area (Å²) in [6.07, 6.45) is 0.973. The van der Waals surface area contributed by atoms with Crippen molar-refractivity contribution in [3.63, 3.8) is 0 Å². The van der Waals surface area contributed by atoms with Crippen LogP contribution in [0.2, 0.25) is 0 Å². The van der Waals surface area contributed by atoms with Crippen LogP contribution in [0.1, 0.15) is 6.42 Å². The van der Waals surface area contributed by atoms with Crippen LogP contribution < -0.4 is 10.1 Å². The first-order chi connectivity index (χ1) is 14.5. The lowest BCUT2D eigenvalue weighted by Crippen LogP contribution is -2.43. The van der Waals surface area contributed by atoms with Crippen LogP contribution in [0.15, 0.2) is 29.3 Å². The molecular formula is C21H34FN5O3. The highest BCUT2D eigenvalue weighted by Crippen LogP contribution is 2.10. The Morgan fingerprint density at radius 3 is 2.60 bits per heavy atom. The minimum atomic E-state index is -0.291. The highest BCUT2D eigenvalue weighted by Gasteiger charge is 2.11. The molecule has 0 atom stereocenters. The van der Waals surface area contributed by atoms with Gasteiger partial charge in [0.15, 0.2) is 5.96 Å². The highest BCUT2D eigenvalue weighted by atomic mass is 19.1. The van der Waals surface area contributed by atoms with Crippen molar-refractivity contribution in [3.05, 3.63) is 30.1 Å². The molecule has 1 aromatic carbocycles. The quantitative estimate of drug-likeness (QED) is 0.343. The van der Waals surface area contributed by atoms with E-state index in [0.717, 1.165) is 45.8 Å². The zero-order valence-corrected chi connectivity index (χ0v) is 18.3. The van der Waals surface area contributed by atoms with Crippen molar-refractivity contribution in [1.29, 1.82) is 0 Å². The van der Waals surface area contributed by atoms with Crippen LogP contribution in [0.3, 0.4) is 0 Å².